The summed E-state index contributed by atoms with van der Waals surface area (Å²) >= 11 is 0. The molecule has 1 aromatic carbocycles. The fourth-order valence-corrected chi connectivity index (χ4v) is 6.13. The lowest BCUT2D eigenvalue weighted by atomic mass is 9.77. The van der Waals surface area contributed by atoms with Crippen LogP contribution >= 0.6 is 0 Å². The number of hydrogen-bond donors (Lipinski definition) is 0. The van der Waals surface area contributed by atoms with Crippen molar-refractivity contribution in [2.24, 2.45) is 13.0 Å². The third kappa shape index (κ3) is 3.47. The van der Waals surface area contributed by atoms with E-state index < -0.39 is 10.0 Å². The van der Waals surface area contributed by atoms with Gasteiger partial charge in [-0.15, -0.1) is 0 Å². The van der Waals surface area contributed by atoms with Crippen LogP contribution in [0.25, 0.3) is 22.2 Å². The van der Waals surface area contributed by atoms with Gasteiger partial charge >= 0.3 is 0 Å². The van der Waals surface area contributed by atoms with Gasteiger partial charge in [-0.1, -0.05) is 44.4 Å². The van der Waals surface area contributed by atoms with Crippen LogP contribution in [0.2, 0.25) is 0 Å². The highest BCUT2D eigenvalue weighted by Crippen LogP contribution is 2.40. The van der Waals surface area contributed by atoms with E-state index in [-0.39, 0.29) is 4.90 Å². The predicted octanol–water partition coefficient (Wildman–Crippen LogP) is 4.97. The molecular formula is C24H26N4O2S. The van der Waals surface area contributed by atoms with Crippen molar-refractivity contribution in [3.8, 4) is 11.1 Å². The predicted molar refractivity (Wildman–Crippen MR) is 121 cm³/mol. The van der Waals surface area contributed by atoms with Crippen LogP contribution in [-0.2, 0) is 17.1 Å². The zero-order chi connectivity index (χ0) is 21.6. The minimum absolute atomic E-state index is 0.247. The van der Waals surface area contributed by atoms with Crippen molar-refractivity contribution in [1.82, 2.24) is 18.7 Å². The van der Waals surface area contributed by atoms with Gasteiger partial charge in [0.05, 0.1) is 11.1 Å². The molecule has 0 radical (unpaired) electrons. The van der Waals surface area contributed by atoms with Crippen molar-refractivity contribution in [2.75, 3.05) is 0 Å². The Bertz CT molecular complexity index is 1340. The molecule has 1 aliphatic rings. The van der Waals surface area contributed by atoms with E-state index in [1.807, 2.05) is 25.5 Å². The number of nitrogens with zero attached hydrogens (tertiary/aromatic N) is 4. The van der Waals surface area contributed by atoms with Crippen molar-refractivity contribution >= 4 is 21.1 Å². The van der Waals surface area contributed by atoms with Crippen LogP contribution < -0.4 is 0 Å². The monoisotopic (exact) mass is 434 g/mol. The fraction of sp³-hybridized carbons (Fsp3) is 0.333. The van der Waals surface area contributed by atoms with Gasteiger partial charge in [-0.3, -0.25) is 4.68 Å². The quantitative estimate of drug-likeness (QED) is 0.455. The first-order valence-corrected chi connectivity index (χ1v) is 12.2. The lowest BCUT2D eigenvalue weighted by Gasteiger charge is -2.28. The molecule has 2 unspecified atom stereocenters. The first kappa shape index (κ1) is 20.0. The summed E-state index contributed by atoms with van der Waals surface area (Å²) in [6.45, 7) is 2.31. The number of fused-ring (bicyclic) bond motifs is 1. The molecule has 6 nitrogen and oxygen atoms in total. The summed E-state index contributed by atoms with van der Waals surface area (Å²) in [5.74, 6) is 1.06. The smallest absolute Gasteiger partial charge is 0.269 e. The minimum Gasteiger partial charge on any atom is -0.275 e. The third-order valence-corrected chi connectivity index (χ3v) is 8.15. The Balaban J connectivity index is 1.72. The minimum atomic E-state index is -3.77. The van der Waals surface area contributed by atoms with Crippen LogP contribution in [0.5, 0.6) is 0 Å². The summed E-state index contributed by atoms with van der Waals surface area (Å²) in [5.41, 5.74) is 3.36. The summed E-state index contributed by atoms with van der Waals surface area (Å²) in [7, 11) is -1.91. The van der Waals surface area contributed by atoms with E-state index in [2.05, 4.69) is 18.1 Å². The number of benzene rings is 1. The van der Waals surface area contributed by atoms with Gasteiger partial charge in [0, 0.05) is 42.2 Å². The van der Waals surface area contributed by atoms with Crippen molar-refractivity contribution in [3.63, 3.8) is 0 Å². The molecule has 3 heterocycles. The standard InChI is InChI=1S/C24H26N4O2S/c1-17-8-6-7-11-21(17)18-12-22-23(19-14-26-27(2)15-19)16-28(24(22)25-13-18)31(29,30)20-9-4-3-5-10-20/h3-5,9-10,12-17,21H,6-8,11H2,1-2H3. The Morgan fingerprint density at radius 3 is 2.52 bits per heavy atom. The molecule has 4 aromatic rings. The maximum atomic E-state index is 13.4. The SMILES string of the molecule is CC1CCCCC1c1cnc2c(c1)c(-c1cnn(C)c1)cn2S(=O)(=O)c1ccccc1. The van der Waals surface area contributed by atoms with E-state index in [0.29, 0.717) is 17.5 Å². The van der Waals surface area contributed by atoms with Crippen LogP contribution in [0, 0.1) is 5.92 Å². The molecule has 1 fully saturated rings. The molecule has 160 valence electrons. The Hall–Kier alpha value is -2.93. The maximum absolute atomic E-state index is 13.4. The van der Waals surface area contributed by atoms with Gasteiger partial charge in [0.2, 0.25) is 0 Å². The van der Waals surface area contributed by atoms with Gasteiger partial charge in [0.1, 0.15) is 0 Å². The maximum Gasteiger partial charge on any atom is 0.269 e. The lowest BCUT2D eigenvalue weighted by Crippen LogP contribution is -2.15. The van der Waals surface area contributed by atoms with E-state index >= 15 is 0 Å². The highest BCUT2D eigenvalue weighted by Gasteiger charge is 2.27. The number of hydrogen-bond acceptors (Lipinski definition) is 4. The first-order valence-electron chi connectivity index (χ1n) is 10.8. The molecule has 0 spiro atoms. The Kier molecular flexibility index (Phi) is 4.93. The molecule has 0 N–H and O–H groups in total. The molecule has 5 rings (SSSR count). The van der Waals surface area contributed by atoms with Gasteiger partial charge in [0.15, 0.2) is 5.65 Å². The van der Waals surface area contributed by atoms with Crippen LogP contribution in [0.3, 0.4) is 0 Å². The lowest BCUT2D eigenvalue weighted by molar-refractivity contribution is 0.330. The molecule has 7 heteroatoms. The second-order valence-corrected chi connectivity index (χ2v) is 10.4. The van der Waals surface area contributed by atoms with Crippen molar-refractivity contribution < 1.29 is 8.42 Å². The first-order chi connectivity index (χ1) is 14.9. The largest absolute Gasteiger partial charge is 0.275 e. The van der Waals surface area contributed by atoms with E-state index in [4.69, 9.17) is 4.98 Å². The summed E-state index contributed by atoms with van der Waals surface area (Å²) in [6, 6.07) is 10.6. The Morgan fingerprint density at radius 2 is 1.81 bits per heavy atom. The van der Waals surface area contributed by atoms with Gasteiger partial charge in [0.25, 0.3) is 10.0 Å². The summed E-state index contributed by atoms with van der Waals surface area (Å²) < 4.78 is 29.9. The zero-order valence-electron chi connectivity index (χ0n) is 17.8. The van der Waals surface area contributed by atoms with E-state index in [1.54, 1.807) is 41.3 Å². The molecule has 3 aromatic heterocycles. The molecule has 0 bridgehead atoms. The van der Waals surface area contributed by atoms with Gasteiger partial charge in [-0.2, -0.15) is 5.10 Å². The number of aryl methyl sites for hydroxylation is 1. The van der Waals surface area contributed by atoms with Crippen molar-refractivity contribution in [2.45, 2.75) is 43.4 Å². The molecule has 2 atom stereocenters. The zero-order valence-corrected chi connectivity index (χ0v) is 18.6. The second-order valence-electron chi connectivity index (χ2n) is 8.57. The van der Waals surface area contributed by atoms with E-state index in [1.165, 1.54) is 28.8 Å². The normalized spacial score (nSPS) is 19.7. The number of rotatable bonds is 4. The van der Waals surface area contributed by atoms with Crippen LogP contribution in [0.15, 0.2) is 66.1 Å². The van der Waals surface area contributed by atoms with Gasteiger partial charge in [-0.25, -0.2) is 17.4 Å². The Morgan fingerprint density at radius 1 is 1.03 bits per heavy atom. The average molecular weight is 435 g/mol. The highest BCUT2D eigenvalue weighted by atomic mass is 32.2. The van der Waals surface area contributed by atoms with Crippen molar-refractivity contribution in [1.29, 1.82) is 0 Å². The number of pyridine rings is 1. The van der Waals surface area contributed by atoms with Crippen LogP contribution in [-0.4, -0.2) is 27.2 Å². The average Bonchev–Trinajstić information content (AvgIpc) is 3.38. The second kappa shape index (κ2) is 7.64. The van der Waals surface area contributed by atoms with Crippen LogP contribution in [0.4, 0.5) is 0 Å². The van der Waals surface area contributed by atoms with Crippen LogP contribution in [0.1, 0.15) is 44.1 Å². The molecule has 1 aliphatic carbocycles. The summed E-state index contributed by atoms with van der Waals surface area (Å²) in [6.07, 6.45) is 12.1. The van der Waals surface area contributed by atoms with Gasteiger partial charge in [-0.05, 0) is 42.0 Å². The van der Waals surface area contributed by atoms with Crippen molar-refractivity contribution in [3.05, 3.63) is 66.7 Å². The molecule has 31 heavy (non-hydrogen) atoms. The summed E-state index contributed by atoms with van der Waals surface area (Å²) in [4.78, 5) is 4.94. The topological polar surface area (TPSA) is 69.8 Å². The van der Waals surface area contributed by atoms with Gasteiger partial charge < -0.3 is 0 Å². The van der Waals surface area contributed by atoms with E-state index in [9.17, 15) is 8.42 Å². The van der Waals surface area contributed by atoms with E-state index in [0.717, 1.165) is 22.9 Å². The molecule has 0 aliphatic heterocycles. The summed E-state index contributed by atoms with van der Waals surface area (Å²) in [5, 5.41) is 5.14. The fourth-order valence-electron chi connectivity index (χ4n) is 4.79. The number of aromatic nitrogens is 4. The highest BCUT2D eigenvalue weighted by molar-refractivity contribution is 7.90. The molecule has 0 amide bonds. The molecular weight excluding hydrogens is 408 g/mol. The molecule has 1 saturated carbocycles. The Labute approximate surface area is 182 Å². The molecule has 0 saturated heterocycles. The third-order valence-electron chi connectivity index (χ3n) is 6.49.